The Kier molecular flexibility index (Phi) is 12.7. The van der Waals surface area contributed by atoms with Crippen LogP contribution >= 0.6 is 11.3 Å². The number of carbonyl (C=O) groups excluding carboxylic acids is 6. The van der Waals surface area contributed by atoms with Crippen LogP contribution < -0.4 is 31.3 Å². The molecule has 2 aliphatic heterocycles. The van der Waals surface area contributed by atoms with E-state index >= 15 is 0 Å². The molecule has 8 rings (SSSR count). The van der Waals surface area contributed by atoms with Crippen molar-refractivity contribution in [3.8, 4) is 17.0 Å². The third kappa shape index (κ3) is 9.73. The smallest absolute Gasteiger partial charge is 0.324 e. The van der Waals surface area contributed by atoms with Crippen LogP contribution in [0.3, 0.4) is 0 Å². The number of ether oxygens (including phenoxy) is 3. The predicted octanol–water partition coefficient (Wildman–Crippen LogP) is 5.19. The summed E-state index contributed by atoms with van der Waals surface area (Å²) >= 11 is 1.55. The van der Waals surface area contributed by atoms with E-state index in [4.69, 9.17) is 23.7 Å². The van der Waals surface area contributed by atoms with E-state index in [0.29, 0.717) is 49.4 Å². The largest absolute Gasteiger partial charge is 0.491 e. The molecule has 20 heteroatoms. The summed E-state index contributed by atoms with van der Waals surface area (Å²) < 4.78 is 25.5. The number of hydrogen-bond acceptors (Lipinski definition) is 14. The van der Waals surface area contributed by atoms with Crippen molar-refractivity contribution in [1.82, 2.24) is 30.1 Å². The number of imidazole rings is 1. The zero-order chi connectivity index (χ0) is 45.0. The van der Waals surface area contributed by atoms with Gasteiger partial charge >= 0.3 is 6.03 Å². The summed E-state index contributed by atoms with van der Waals surface area (Å²) in [5, 5.41) is 17.2. The predicted molar refractivity (Wildman–Crippen MR) is 236 cm³/mol. The van der Waals surface area contributed by atoms with E-state index < -0.39 is 35.7 Å². The SMILES string of the molecule is CC(C)(C)c1cc(NC(=O)Nc2ccc(-c3cn4c(n3)sc3cc(OCCOCCOCCNC(=O)CNc5cccc6c5C(=O)N(C5CCC(=O)NC5=O)C6=O)ccc34)cc2)no1. The number of carbonyl (C=O) groups is 6. The maximum Gasteiger partial charge on any atom is 0.324 e. The molecule has 3 aromatic carbocycles. The lowest BCUT2D eigenvalue weighted by Gasteiger charge is -2.27. The highest BCUT2D eigenvalue weighted by atomic mass is 32.1. The number of amides is 7. The van der Waals surface area contributed by atoms with Crippen LogP contribution in [0.15, 0.2) is 77.4 Å². The van der Waals surface area contributed by atoms with Crippen molar-refractivity contribution < 1.29 is 47.5 Å². The number of nitrogens with zero attached hydrogens (tertiary/aromatic N) is 4. The van der Waals surface area contributed by atoms with Gasteiger partial charge in [-0.25, -0.2) is 9.78 Å². The molecule has 6 aromatic rings. The number of fused-ring (bicyclic) bond motifs is 4. The van der Waals surface area contributed by atoms with E-state index in [2.05, 4.69) is 31.7 Å². The van der Waals surface area contributed by atoms with Gasteiger partial charge in [0.1, 0.15) is 24.2 Å². The number of benzene rings is 3. The van der Waals surface area contributed by atoms with Gasteiger partial charge in [-0.1, -0.05) is 55.5 Å². The molecule has 1 atom stereocenters. The van der Waals surface area contributed by atoms with Crippen molar-refractivity contribution in [2.75, 3.05) is 62.1 Å². The van der Waals surface area contributed by atoms with Gasteiger partial charge in [-0.2, -0.15) is 0 Å². The maximum atomic E-state index is 13.2. The minimum atomic E-state index is -1.08. The summed E-state index contributed by atoms with van der Waals surface area (Å²) in [5.74, 6) is -1.07. The van der Waals surface area contributed by atoms with Gasteiger partial charge in [0.2, 0.25) is 17.7 Å². The van der Waals surface area contributed by atoms with Gasteiger partial charge in [0, 0.05) is 47.6 Å². The number of imide groups is 2. The highest BCUT2D eigenvalue weighted by molar-refractivity contribution is 7.23. The van der Waals surface area contributed by atoms with Crippen LogP contribution in [-0.2, 0) is 29.3 Å². The summed E-state index contributed by atoms with van der Waals surface area (Å²) in [7, 11) is 0. The molecule has 0 spiro atoms. The molecule has 7 amide bonds. The Morgan fingerprint density at radius 2 is 1.70 bits per heavy atom. The fourth-order valence-corrected chi connectivity index (χ4v) is 8.14. The molecule has 2 aliphatic rings. The Morgan fingerprint density at radius 3 is 2.47 bits per heavy atom. The minimum Gasteiger partial charge on any atom is -0.491 e. The molecule has 5 heterocycles. The summed E-state index contributed by atoms with van der Waals surface area (Å²) in [6.07, 6.45) is 2.05. The second-order valence-electron chi connectivity index (χ2n) is 15.9. The Labute approximate surface area is 369 Å². The highest BCUT2D eigenvalue weighted by Crippen LogP contribution is 2.34. The molecule has 0 radical (unpaired) electrons. The number of anilines is 3. The molecule has 1 saturated heterocycles. The highest BCUT2D eigenvalue weighted by Gasteiger charge is 2.45. The first kappa shape index (κ1) is 43.5. The van der Waals surface area contributed by atoms with Crippen LogP contribution in [0.1, 0.15) is 60.1 Å². The van der Waals surface area contributed by atoms with Crippen molar-refractivity contribution in [3.05, 3.63) is 89.8 Å². The molecular weight excluding hydrogens is 847 g/mol. The lowest BCUT2D eigenvalue weighted by atomic mass is 9.93. The van der Waals surface area contributed by atoms with E-state index in [1.54, 1.807) is 29.5 Å². The van der Waals surface area contributed by atoms with Crippen LogP contribution in [0.4, 0.5) is 22.0 Å². The molecule has 332 valence electrons. The fourth-order valence-electron chi connectivity index (χ4n) is 7.10. The zero-order valence-electron chi connectivity index (χ0n) is 35.1. The number of urea groups is 1. The van der Waals surface area contributed by atoms with Gasteiger partial charge < -0.3 is 34.7 Å². The maximum absolute atomic E-state index is 13.2. The lowest BCUT2D eigenvalue weighted by molar-refractivity contribution is -0.136. The number of nitrogens with one attached hydrogen (secondary N) is 5. The average Bonchev–Trinajstić information content (AvgIpc) is 4.04. The fraction of sp³-hybridized carbons (Fsp3) is 0.318. The Balaban J connectivity index is 0.705. The third-order valence-electron chi connectivity index (χ3n) is 10.3. The minimum absolute atomic E-state index is 0.0201. The van der Waals surface area contributed by atoms with E-state index in [9.17, 15) is 28.8 Å². The number of rotatable bonds is 17. The van der Waals surface area contributed by atoms with Gasteiger partial charge in [-0.15, -0.1) is 0 Å². The Hall–Kier alpha value is -7.16. The standard InChI is InChI=1S/C44H45N9O10S/c1-44(2,3)34-22-35(51-63-34)49-42(59)47-26-9-7-25(8-10-26)30-24-52-31-12-11-27(21-33(31)64-43(52)48-30)62-20-19-61-18-17-60-16-15-45-37(55)23-46-29-6-4-5-28-38(29)41(58)53(40(28)57)32-13-14-36(54)50-39(32)56/h4-12,21-22,24,32,46H,13-20,23H2,1-3H3,(H,45,55)(H,50,54,56)(H2,47,49,51,59). The molecule has 19 nitrogen and oxygen atoms in total. The number of piperidine rings is 1. The van der Waals surface area contributed by atoms with Gasteiger partial charge in [-0.3, -0.25) is 43.9 Å². The first-order valence-corrected chi connectivity index (χ1v) is 21.3. The normalized spacial score (nSPS) is 15.1. The molecule has 0 bridgehead atoms. The number of aromatic nitrogens is 3. The quantitative estimate of drug-likeness (QED) is 0.0587. The van der Waals surface area contributed by atoms with Crippen molar-refractivity contribution in [2.45, 2.75) is 45.1 Å². The van der Waals surface area contributed by atoms with Gasteiger partial charge in [0.05, 0.1) is 60.0 Å². The molecule has 0 aliphatic carbocycles. The van der Waals surface area contributed by atoms with Crippen LogP contribution in [0.25, 0.3) is 26.4 Å². The van der Waals surface area contributed by atoms with E-state index in [0.717, 1.165) is 31.3 Å². The molecule has 0 saturated carbocycles. The first-order valence-electron chi connectivity index (χ1n) is 20.5. The van der Waals surface area contributed by atoms with Gasteiger partial charge in [-0.05, 0) is 48.9 Å². The van der Waals surface area contributed by atoms with Gasteiger partial charge in [0.25, 0.3) is 11.8 Å². The number of thiazole rings is 1. The zero-order valence-corrected chi connectivity index (χ0v) is 36.0. The van der Waals surface area contributed by atoms with Crippen molar-refractivity contribution in [2.24, 2.45) is 0 Å². The molecule has 3 aromatic heterocycles. The van der Waals surface area contributed by atoms with Crippen molar-refractivity contribution in [1.29, 1.82) is 0 Å². The molecule has 1 unspecified atom stereocenters. The first-order chi connectivity index (χ1) is 30.8. The summed E-state index contributed by atoms with van der Waals surface area (Å²) in [6, 6.07) is 18.1. The molecule has 1 fully saturated rings. The third-order valence-corrected chi connectivity index (χ3v) is 11.4. The van der Waals surface area contributed by atoms with Crippen LogP contribution in [0.2, 0.25) is 0 Å². The summed E-state index contributed by atoms with van der Waals surface area (Å²) in [4.78, 5) is 81.8. The lowest BCUT2D eigenvalue weighted by Crippen LogP contribution is -2.54. The van der Waals surface area contributed by atoms with E-state index in [1.165, 1.54) is 6.07 Å². The Bertz CT molecular complexity index is 2750. The Morgan fingerprint density at radius 1 is 0.922 bits per heavy atom. The molecule has 64 heavy (non-hydrogen) atoms. The van der Waals surface area contributed by atoms with Crippen LogP contribution in [0.5, 0.6) is 5.75 Å². The van der Waals surface area contributed by atoms with Crippen molar-refractivity contribution >= 4 is 79.3 Å². The second-order valence-corrected chi connectivity index (χ2v) is 17.0. The van der Waals surface area contributed by atoms with Crippen molar-refractivity contribution in [3.63, 3.8) is 0 Å². The van der Waals surface area contributed by atoms with E-state index in [1.807, 2.05) is 73.8 Å². The second kappa shape index (κ2) is 18.7. The summed E-state index contributed by atoms with van der Waals surface area (Å²) in [6.45, 7) is 7.66. The van der Waals surface area contributed by atoms with Crippen LogP contribution in [-0.4, -0.2) is 107 Å². The average molecular weight is 892 g/mol. The van der Waals surface area contributed by atoms with Gasteiger partial charge in [0.15, 0.2) is 10.8 Å². The van der Waals surface area contributed by atoms with E-state index in [-0.39, 0.29) is 60.7 Å². The topological polar surface area (TPSA) is 237 Å². The number of hydrogen-bond donors (Lipinski definition) is 5. The summed E-state index contributed by atoms with van der Waals surface area (Å²) in [5.41, 5.74) is 3.58. The van der Waals surface area contributed by atoms with Crippen LogP contribution in [0, 0.1) is 0 Å². The molecule has 5 N–H and O–H groups in total. The monoisotopic (exact) mass is 891 g/mol. The molecular formula is C44H45N9O10S.